The van der Waals surface area contributed by atoms with Crippen molar-refractivity contribution in [3.8, 4) is 0 Å². The molecule has 6 nitrogen and oxygen atoms in total. The summed E-state index contributed by atoms with van der Waals surface area (Å²) in [6.45, 7) is 6.04. The number of carbonyl (C=O) groups is 1. The van der Waals surface area contributed by atoms with Crippen LogP contribution >= 0.6 is 23.5 Å². The predicted molar refractivity (Wildman–Crippen MR) is 96.4 cm³/mol. The van der Waals surface area contributed by atoms with Gasteiger partial charge >= 0.3 is 0 Å². The van der Waals surface area contributed by atoms with Crippen LogP contribution in [0.1, 0.15) is 26.6 Å². The van der Waals surface area contributed by atoms with Crippen LogP contribution in [-0.2, 0) is 10.2 Å². The molecule has 1 aromatic carbocycles. The number of thioether (sulfide) groups is 2. The SMILES string of the molecule is CSc1cccc(NC(=O)CSc2nnc(C(C)(C)C)n2N)c1. The Bertz CT molecular complexity index is 693. The van der Waals surface area contributed by atoms with Gasteiger partial charge in [0.2, 0.25) is 11.1 Å². The Morgan fingerprint density at radius 2 is 2.09 bits per heavy atom. The molecule has 0 aliphatic heterocycles. The minimum absolute atomic E-state index is 0.103. The summed E-state index contributed by atoms with van der Waals surface area (Å²) in [7, 11) is 0. The summed E-state index contributed by atoms with van der Waals surface area (Å²) in [5.74, 6) is 6.81. The molecule has 124 valence electrons. The molecule has 0 saturated heterocycles. The zero-order valence-corrected chi connectivity index (χ0v) is 15.3. The Morgan fingerprint density at radius 3 is 2.70 bits per heavy atom. The van der Waals surface area contributed by atoms with Crippen LogP contribution in [0.3, 0.4) is 0 Å². The number of amides is 1. The number of hydrogen-bond donors (Lipinski definition) is 2. The van der Waals surface area contributed by atoms with Crippen molar-refractivity contribution in [3.63, 3.8) is 0 Å². The zero-order valence-electron chi connectivity index (χ0n) is 13.7. The van der Waals surface area contributed by atoms with Crippen molar-refractivity contribution in [2.45, 2.75) is 36.2 Å². The summed E-state index contributed by atoms with van der Waals surface area (Å²) in [4.78, 5) is 13.2. The highest BCUT2D eigenvalue weighted by Crippen LogP contribution is 2.23. The monoisotopic (exact) mass is 351 g/mol. The van der Waals surface area contributed by atoms with Crippen molar-refractivity contribution in [2.24, 2.45) is 0 Å². The molecule has 0 saturated carbocycles. The number of nitrogens with zero attached hydrogens (tertiary/aromatic N) is 3. The van der Waals surface area contributed by atoms with E-state index in [1.165, 1.54) is 16.4 Å². The van der Waals surface area contributed by atoms with Gasteiger partial charge in [0.1, 0.15) is 0 Å². The molecule has 0 radical (unpaired) electrons. The van der Waals surface area contributed by atoms with Crippen LogP contribution in [0.15, 0.2) is 34.3 Å². The van der Waals surface area contributed by atoms with E-state index in [1.54, 1.807) is 11.8 Å². The van der Waals surface area contributed by atoms with E-state index in [1.807, 2.05) is 51.3 Å². The first-order valence-corrected chi connectivity index (χ1v) is 9.30. The van der Waals surface area contributed by atoms with Gasteiger partial charge in [0.15, 0.2) is 5.82 Å². The van der Waals surface area contributed by atoms with E-state index in [4.69, 9.17) is 5.84 Å². The summed E-state index contributed by atoms with van der Waals surface area (Å²) < 4.78 is 1.45. The van der Waals surface area contributed by atoms with Crippen molar-refractivity contribution in [2.75, 3.05) is 23.2 Å². The van der Waals surface area contributed by atoms with Gasteiger partial charge in [0, 0.05) is 16.0 Å². The number of benzene rings is 1. The highest BCUT2D eigenvalue weighted by Gasteiger charge is 2.23. The summed E-state index contributed by atoms with van der Waals surface area (Å²) in [6.07, 6.45) is 2.00. The zero-order chi connectivity index (χ0) is 17.0. The lowest BCUT2D eigenvalue weighted by Crippen LogP contribution is -2.24. The maximum atomic E-state index is 12.1. The summed E-state index contributed by atoms with van der Waals surface area (Å²) in [5.41, 5.74) is 0.591. The minimum atomic E-state index is -0.193. The number of nitrogens with one attached hydrogen (secondary N) is 1. The highest BCUT2D eigenvalue weighted by molar-refractivity contribution is 7.99. The van der Waals surface area contributed by atoms with Gasteiger partial charge < -0.3 is 11.2 Å². The van der Waals surface area contributed by atoms with Gasteiger partial charge in [-0.05, 0) is 24.5 Å². The van der Waals surface area contributed by atoms with Crippen LogP contribution in [0.25, 0.3) is 0 Å². The molecule has 23 heavy (non-hydrogen) atoms. The second-order valence-corrected chi connectivity index (χ2v) is 7.82. The molecular formula is C15H21N5OS2. The Labute approximate surface area is 144 Å². The van der Waals surface area contributed by atoms with Gasteiger partial charge in [-0.1, -0.05) is 38.6 Å². The van der Waals surface area contributed by atoms with Gasteiger partial charge in [0.25, 0.3) is 0 Å². The number of hydrogen-bond acceptors (Lipinski definition) is 6. The molecule has 0 unspecified atom stereocenters. The van der Waals surface area contributed by atoms with Gasteiger partial charge in [0.05, 0.1) is 5.75 Å². The molecule has 0 fully saturated rings. The van der Waals surface area contributed by atoms with Crippen LogP contribution in [-0.4, -0.2) is 32.8 Å². The van der Waals surface area contributed by atoms with Crippen LogP contribution in [0.4, 0.5) is 5.69 Å². The molecule has 1 amide bonds. The van der Waals surface area contributed by atoms with Crippen LogP contribution < -0.4 is 11.2 Å². The molecular weight excluding hydrogens is 330 g/mol. The van der Waals surface area contributed by atoms with Crippen molar-refractivity contribution in [3.05, 3.63) is 30.1 Å². The molecule has 3 N–H and O–H groups in total. The lowest BCUT2D eigenvalue weighted by atomic mass is 9.96. The number of nitrogen functional groups attached to an aromatic ring is 1. The number of anilines is 1. The highest BCUT2D eigenvalue weighted by atomic mass is 32.2. The third-order valence-corrected chi connectivity index (χ3v) is 4.69. The normalized spacial score (nSPS) is 11.5. The van der Waals surface area contributed by atoms with Gasteiger partial charge in [-0.2, -0.15) is 0 Å². The van der Waals surface area contributed by atoms with Crippen LogP contribution in [0.2, 0.25) is 0 Å². The van der Waals surface area contributed by atoms with Crippen molar-refractivity contribution < 1.29 is 4.79 Å². The van der Waals surface area contributed by atoms with Gasteiger partial charge in [-0.15, -0.1) is 22.0 Å². The molecule has 0 aliphatic rings. The fourth-order valence-corrected chi connectivity index (χ4v) is 3.03. The largest absolute Gasteiger partial charge is 0.336 e. The third kappa shape index (κ3) is 4.65. The summed E-state index contributed by atoms with van der Waals surface area (Å²) in [5, 5.41) is 11.6. The lowest BCUT2D eigenvalue weighted by Gasteiger charge is -2.16. The summed E-state index contributed by atoms with van der Waals surface area (Å²) >= 11 is 2.90. The van der Waals surface area contributed by atoms with E-state index in [2.05, 4.69) is 15.5 Å². The molecule has 0 spiro atoms. The smallest absolute Gasteiger partial charge is 0.234 e. The number of carbonyl (C=O) groups excluding carboxylic acids is 1. The predicted octanol–water partition coefficient (Wildman–Crippen LogP) is 2.74. The van der Waals surface area contributed by atoms with E-state index in [9.17, 15) is 4.79 Å². The minimum Gasteiger partial charge on any atom is -0.336 e. The summed E-state index contributed by atoms with van der Waals surface area (Å²) in [6, 6.07) is 7.72. The van der Waals surface area contributed by atoms with Gasteiger partial charge in [-0.3, -0.25) is 4.79 Å². The molecule has 0 aliphatic carbocycles. The number of rotatable bonds is 5. The van der Waals surface area contributed by atoms with Crippen molar-refractivity contribution >= 4 is 35.1 Å². The van der Waals surface area contributed by atoms with Crippen LogP contribution in [0.5, 0.6) is 0 Å². The van der Waals surface area contributed by atoms with Gasteiger partial charge in [-0.25, -0.2) is 4.68 Å². The average molecular weight is 352 g/mol. The fraction of sp³-hybridized carbons (Fsp3) is 0.400. The van der Waals surface area contributed by atoms with E-state index in [0.717, 1.165) is 10.6 Å². The van der Waals surface area contributed by atoms with E-state index in [0.29, 0.717) is 11.0 Å². The molecule has 0 bridgehead atoms. The van der Waals surface area contributed by atoms with Crippen molar-refractivity contribution in [1.82, 2.24) is 14.9 Å². The first kappa shape index (κ1) is 17.7. The van der Waals surface area contributed by atoms with Crippen LogP contribution in [0, 0.1) is 0 Å². The first-order valence-electron chi connectivity index (χ1n) is 7.09. The van der Waals surface area contributed by atoms with Crippen molar-refractivity contribution in [1.29, 1.82) is 0 Å². The lowest BCUT2D eigenvalue weighted by molar-refractivity contribution is -0.113. The Morgan fingerprint density at radius 1 is 1.35 bits per heavy atom. The quantitative estimate of drug-likeness (QED) is 0.636. The second kappa shape index (κ2) is 7.27. The maximum Gasteiger partial charge on any atom is 0.234 e. The number of aromatic nitrogens is 3. The molecule has 2 aromatic rings. The number of nitrogens with two attached hydrogens (primary N) is 1. The van der Waals surface area contributed by atoms with E-state index in [-0.39, 0.29) is 17.1 Å². The second-order valence-electron chi connectivity index (χ2n) is 5.99. The Hall–Kier alpha value is -1.67. The standard InChI is InChI=1S/C15H21N5OS2/c1-15(2,3)13-18-19-14(20(13)16)23-9-12(21)17-10-6-5-7-11(8-10)22-4/h5-8H,9,16H2,1-4H3,(H,17,21). The molecule has 2 rings (SSSR count). The third-order valence-electron chi connectivity index (χ3n) is 3.02. The maximum absolute atomic E-state index is 12.1. The first-order chi connectivity index (χ1) is 10.8. The molecule has 1 heterocycles. The fourth-order valence-electron chi connectivity index (χ4n) is 1.91. The Balaban J connectivity index is 1.96. The Kier molecular flexibility index (Phi) is 5.59. The average Bonchev–Trinajstić information content (AvgIpc) is 2.86. The van der Waals surface area contributed by atoms with E-state index < -0.39 is 0 Å². The molecule has 1 aromatic heterocycles. The molecule has 8 heteroatoms. The molecule has 0 atom stereocenters. The topological polar surface area (TPSA) is 85.8 Å². The van der Waals surface area contributed by atoms with E-state index >= 15 is 0 Å².